The summed E-state index contributed by atoms with van der Waals surface area (Å²) in [6.07, 6.45) is 3.37. The van der Waals surface area contributed by atoms with Gasteiger partial charge in [0.15, 0.2) is 0 Å². The van der Waals surface area contributed by atoms with Crippen LogP contribution in [-0.2, 0) is 0 Å². The maximum atomic E-state index is 12.9. The van der Waals surface area contributed by atoms with Gasteiger partial charge in [-0.05, 0) is 67.8 Å². The van der Waals surface area contributed by atoms with Crippen molar-refractivity contribution in [3.63, 3.8) is 0 Å². The molecule has 2 aromatic rings. The number of carbonyl (C=O) groups is 1. The quantitative estimate of drug-likeness (QED) is 0.872. The second kappa shape index (κ2) is 7.42. The first-order valence-electron chi connectivity index (χ1n) is 8.28. The average molecular weight is 363 g/mol. The van der Waals surface area contributed by atoms with Crippen molar-refractivity contribution in [2.45, 2.75) is 37.4 Å². The Morgan fingerprint density at radius 1 is 1.04 bits per heavy atom. The molecule has 3 atom stereocenters. The molecule has 0 aromatic heterocycles. The van der Waals surface area contributed by atoms with E-state index in [4.69, 9.17) is 4.74 Å². The van der Waals surface area contributed by atoms with Crippen LogP contribution in [0.3, 0.4) is 0 Å². The molecule has 25 heavy (non-hydrogen) atoms. The Kier molecular flexibility index (Phi) is 5.25. The third-order valence-electron chi connectivity index (χ3n) is 4.78. The Morgan fingerprint density at radius 2 is 1.68 bits per heavy atom. The fourth-order valence-corrected chi connectivity index (χ4v) is 3.55. The van der Waals surface area contributed by atoms with E-state index in [9.17, 15) is 9.18 Å². The topological polar surface area (TPSA) is 50.4 Å². The monoisotopic (exact) mass is 362 g/mol. The van der Waals surface area contributed by atoms with E-state index in [0.717, 1.165) is 12.8 Å². The number of amides is 1. The van der Waals surface area contributed by atoms with E-state index < -0.39 is 0 Å². The first kappa shape index (κ1) is 17.7. The van der Waals surface area contributed by atoms with Gasteiger partial charge in [-0.2, -0.15) is 0 Å². The summed E-state index contributed by atoms with van der Waals surface area (Å²) in [7, 11) is 0. The molecule has 2 bridgehead atoms. The van der Waals surface area contributed by atoms with Crippen molar-refractivity contribution in [1.82, 2.24) is 10.6 Å². The lowest BCUT2D eigenvalue weighted by atomic mass is 9.95. The zero-order valence-electron chi connectivity index (χ0n) is 13.6. The average Bonchev–Trinajstić information content (AvgIpc) is 3.20. The van der Waals surface area contributed by atoms with Crippen molar-refractivity contribution < 1.29 is 13.9 Å². The summed E-state index contributed by atoms with van der Waals surface area (Å²) in [6.45, 7) is 0. The van der Waals surface area contributed by atoms with Gasteiger partial charge < -0.3 is 15.4 Å². The van der Waals surface area contributed by atoms with Crippen LogP contribution >= 0.6 is 12.4 Å². The number of hydrogen-bond donors (Lipinski definition) is 2. The van der Waals surface area contributed by atoms with Gasteiger partial charge in [0.2, 0.25) is 0 Å². The highest BCUT2D eigenvalue weighted by molar-refractivity contribution is 5.94. The van der Waals surface area contributed by atoms with E-state index in [1.807, 2.05) is 0 Å². The van der Waals surface area contributed by atoms with Gasteiger partial charge in [0, 0.05) is 23.7 Å². The minimum absolute atomic E-state index is 0. The van der Waals surface area contributed by atoms with E-state index in [-0.39, 0.29) is 30.2 Å². The predicted molar refractivity (Wildman–Crippen MR) is 96.0 cm³/mol. The van der Waals surface area contributed by atoms with E-state index >= 15 is 0 Å². The Labute approximate surface area is 152 Å². The summed E-state index contributed by atoms with van der Waals surface area (Å²) >= 11 is 0. The molecular formula is C19H20ClFN2O2. The van der Waals surface area contributed by atoms with Gasteiger partial charge in [0.05, 0.1) is 0 Å². The summed E-state index contributed by atoms with van der Waals surface area (Å²) in [4.78, 5) is 12.4. The molecule has 2 aromatic carbocycles. The largest absolute Gasteiger partial charge is 0.457 e. The normalized spacial score (nSPS) is 23.8. The smallest absolute Gasteiger partial charge is 0.251 e. The molecular weight excluding hydrogens is 343 g/mol. The summed E-state index contributed by atoms with van der Waals surface area (Å²) in [5.74, 6) is 0.813. The molecule has 1 amide bonds. The van der Waals surface area contributed by atoms with Gasteiger partial charge in [-0.3, -0.25) is 4.79 Å². The first-order valence-corrected chi connectivity index (χ1v) is 8.28. The number of ether oxygens (including phenoxy) is 1. The highest BCUT2D eigenvalue weighted by Crippen LogP contribution is 2.28. The Balaban J connectivity index is 0.00000182. The maximum absolute atomic E-state index is 12.9. The van der Waals surface area contributed by atoms with Gasteiger partial charge >= 0.3 is 0 Å². The summed E-state index contributed by atoms with van der Waals surface area (Å²) in [5.41, 5.74) is 0.615. The van der Waals surface area contributed by atoms with Gasteiger partial charge in [0.1, 0.15) is 17.3 Å². The molecule has 4 rings (SSSR count). The minimum Gasteiger partial charge on any atom is -0.457 e. The van der Waals surface area contributed by atoms with Crippen LogP contribution in [0.4, 0.5) is 4.39 Å². The Morgan fingerprint density at radius 3 is 2.24 bits per heavy atom. The molecule has 0 saturated carbocycles. The zero-order chi connectivity index (χ0) is 16.5. The molecule has 2 aliphatic heterocycles. The number of benzene rings is 2. The Bertz CT molecular complexity index is 736. The molecule has 2 fully saturated rings. The maximum Gasteiger partial charge on any atom is 0.251 e. The van der Waals surface area contributed by atoms with Crippen LogP contribution < -0.4 is 15.4 Å². The second-order valence-corrected chi connectivity index (χ2v) is 6.44. The summed E-state index contributed by atoms with van der Waals surface area (Å²) < 4.78 is 18.5. The standard InChI is InChI=1S/C19H19FN2O2.ClH/c20-13-3-8-16(9-4-13)24-15-6-1-12(2-7-15)19(23)22-18-11-14-5-10-17(18)21-14;/h1-4,6-9,14,17-18,21H,5,10-11H2,(H,22,23);1H/t14-,17+,18-;/m1./s1. The SMILES string of the molecule is Cl.O=C(N[C@@H]1C[C@H]2CC[C@@H]1N2)c1ccc(Oc2ccc(F)cc2)cc1. The number of fused-ring (bicyclic) bond motifs is 2. The van der Waals surface area contributed by atoms with Gasteiger partial charge in [0.25, 0.3) is 5.91 Å². The van der Waals surface area contributed by atoms with Crippen LogP contribution in [0, 0.1) is 5.82 Å². The lowest BCUT2D eigenvalue weighted by Gasteiger charge is -2.21. The third-order valence-corrected chi connectivity index (χ3v) is 4.78. The van der Waals surface area contributed by atoms with Crippen molar-refractivity contribution in [3.8, 4) is 11.5 Å². The number of hydrogen-bond acceptors (Lipinski definition) is 3. The van der Waals surface area contributed by atoms with Crippen molar-refractivity contribution in [2.75, 3.05) is 0 Å². The fraction of sp³-hybridized carbons (Fsp3) is 0.316. The van der Waals surface area contributed by atoms with Crippen molar-refractivity contribution in [2.24, 2.45) is 0 Å². The van der Waals surface area contributed by atoms with Crippen LogP contribution in [-0.4, -0.2) is 24.0 Å². The second-order valence-electron chi connectivity index (χ2n) is 6.44. The van der Waals surface area contributed by atoms with Crippen LogP contribution in [0.5, 0.6) is 11.5 Å². The number of rotatable bonds is 4. The fourth-order valence-electron chi connectivity index (χ4n) is 3.55. The van der Waals surface area contributed by atoms with Crippen LogP contribution in [0.25, 0.3) is 0 Å². The van der Waals surface area contributed by atoms with Crippen molar-refractivity contribution in [1.29, 1.82) is 0 Å². The zero-order valence-corrected chi connectivity index (χ0v) is 14.4. The molecule has 0 radical (unpaired) electrons. The van der Waals surface area contributed by atoms with E-state index in [1.165, 1.54) is 18.6 Å². The molecule has 132 valence electrons. The van der Waals surface area contributed by atoms with Gasteiger partial charge in [-0.15, -0.1) is 12.4 Å². The molecule has 2 N–H and O–H groups in total. The molecule has 0 aliphatic carbocycles. The Hall–Kier alpha value is -2.11. The van der Waals surface area contributed by atoms with E-state index in [1.54, 1.807) is 36.4 Å². The van der Waals surface area contributed by atoms with Crippen LogP contribution in [0.2, 0.25) is 0 Å². The summed E-state index contributed by atoms with van der Waals surface area (Å²) in [6, 6.07) is 14.0. The van der Waals surface area contributed by atoms with E-state index in [0.29, 0.717) is 29.1 Å². The number of nitrogens with one attached hydrogen (secondary N) is 2. The van der Waals surface area contributed by atoms with Crippen LogP contribution in [0.15, 0.2) is 48.5 Å². The molecule has 0 spiro atoms. The predicted octanol–water partition coefficient (Wildman–Crippen LogP) is 3.66. The summed E-state index contributed by atoms with van der Waals surface area (Å²) in [5, 5.41) is 6.63. The first-order chi connectivity index (χ1) is 11.7. The minimum atomic E-state index is -0.301. The van der Waals surface area contributed by atoms with E-state index in [2.05, 4.69) is 10.6 Å². The van der Waals surface area contributed by atoms with Crippen LogP contribution in [0.1, 0.15) is 29.6 Å². The molecule has 0 unspecified atom stereocenters. The molecule has 2 saturated heterocycles. The molecule has 2 heterocycles. The lowest BCUT2D eigenvalue weighted by Crippen LogP contribution is -2.42. The van der Waals surface area contributed by atoms with Gasteiger partial charge in [-0.25, -0.2) is 4.39 Å². The molecule has 6 heteroatoms. The van der Waals surface area contributed by atoms with Crippen molar-refractivity contribution in [3.05, 3.63) is 59.9 Å². The highest BCUT2D eigenvalue weighted by Gasteiger charge is 2.39. The van der Waals surface area contributed by atoms with Gasteiger partial charge in [-0.1, -0.05) is 0 Å². The molecule has 4 nitrogen and oxygen atoms in total. The van der Waals surface area contributed by atoms with Crippen molar-refractivity contribution >= 4 is 18.3 Å². The lowest BCUT2D eigenvalue weighted by molar-refractivity contribution is 0.0931. The molecule has 2 aliphatic rings. The number of carbonyl (C=O) groups excluding carboxylic acids is 1. The number of halogens is 2. The third kappa shape index (κ3) is 3.94. The highest BCUT2D eigenvalue weighted by atomic mass is 35.5.